The Hall–Kier alpha value is -1.07. The molecular formula is C13H16BrNO3. The van der Waals surface area contributed by atoms with Gasteiger partial charge in [0, 0.05) is 6.54 Å². The van der Waals surface area contributed by atoms with Gasteiger partial charge >= 0.3 is 0 Å². The molecule has 5 heteroatoms. The van der Waals surface area contributed by atoms with Crippen molar-refractivity contribution in [3.8, 4) is 5.75 Å². The average molecular weight is 314 g/mol. The summed E-state index contributed by atoms with van der Waals surface area (Å²) in [5.74, 6) is -0.189. The van der Waals surface area contributed by atoms with E-state index in [1.165, 1.54) is 0 Å². The molecule has 98 valence electrons. The third-order valence-electron chi connectivity index (χ3n) is 3.30. The summed E-state index contributed by atoms with van der Waals surface area (Å²) in [7, 11) is 0. The summed E-state index contributed by atoms with van der Waals surface area (Å²) in [6.07, 6.45) is 1.87. The van der Waals surface area contributed by atoms with Gasteiger partial charge in [-0.1, -0.05) is 6.07 Å². The van der Waals surface area contributed by atoms with E-state index in [4.69, 9.17) is 0 Å². The first-order valence-electron chi connectivity index (χ1n) is 6.01. The second-order valence-electron chi connectivity index (χ2n) is 4.61. The van der Waals surface area contributed by atoms with E-state index in [9.17, 15) is 15.0 Å². The van der Waals surface area contributed by atoms with Gasteiger partial charge in [0.05, 0.1) is 16.5 Å². The Bertz CT molecular complexity index is 450. The maximum absolute atomic E-state index is 11.8. The largest absolute Gasteiger partial charge is 0.507 e. The smallest absolute Gasteiger partial charge is 0.225 e. The minimum absolute atomic E-state index is 0.0933. The highest BCUT2D eigenvalue weighted by Gasteiger charge is 2.31. The van der Waals surface area contributed by atoms with E-state index < -0.39 is 6.10 Å². The highest BCUT2D eigenvalue weighted by atomic mass is 79.9. The molecule has 0 aromatic heterocycles. The molecule has 2 atom stereocenters. The molecule has 2 rings (SSSR count). The van der Waals surface area contributed by atoms with Crippen molar-refractivity contribution in [2.24, 2.45) is 5.92 Å². The normalized spacial score (nSPS) is 23.0. The fourth-order valence-electron chi connectivity index (χ4n) is 2.23. The summed E-state index contributed by atoms with van der Waals surface area (Å²) < 4.78 is 0.607. The number of aliphatic hydroxyl groups excluding tert-OH is 1. The number of hydrogen-bond donors (Lipinski definition) is 3. The number of aliphatic hydroxyl groups is 1. The van der Waals surface area contributed by atoms with E-state index in [2.05, 4.69) is 21.2 Å². The molecule has 1 amide bonds. The average Bonchev–Trinajstić information content (AvgIpc) is 2.77. The Labute approximate surface area is 114 Å². The maximum atomic E-state index is 11.8. The maximum Gasteiger partial charge on any atom is 0.225 e. The number of benzene rings is 1. The monoisotopic (exact) mass is 313 g/mol. The van der Waals surface area contributed by atoms with Crippen molar-refractivity contribution in [3.63, 3.8) is 0 Å². The Morgan fingerprint density at radius 2 is 2.22 bits per heavy atom. The van der Waals surface area contributed by atoms with Crippen molar-refractivity contribution in [1.82, 2.24) is 5.32 Å². The molecule has 0 aliphatic heterocycles. The number of carbonyl (C=O) groups excluding carboxylic acids is 1. The van der Waals surface area contributed by atoms with Gasteiger partial charge in [-0.05, 0) is 52.9 Å². The third kappa shape index (κ3) is 3.03. The zero-order valence-electron chi connectivity index (χ0n) is 9.90. The van der Waals surface area contributed by atoms with Crippen molar-refractivity contribution in [2.75, 3.05) is 0 Å². The quantitative estimate of drug-likeness (QED) is 0.798. The lowest BCUT2D eigenvalue weighted by Gasteiger charge is -2.14. The van der Waals surface area contributed by atoms with E-state index >= 15 is 0 Å². The highest BCUT2D eigenvalue weighted by Crippen LogP contribution is 2.26. The molecule has 1 aromatic carbocycles. The first-order valence-corrected chi connectivity index (χ1v) is 6.80. The van der Waals surface area contributed by atoms with Crippen molar-refractivity contribution in [3.05, 3.63) is 28.2 Å². The summed E-state index contributed by atoms with van der Waals surface area (Å²) in [6.45, 7) is 0.404. The summed E-state index contributed by atoms with van der Waals surface area (Å²) in [5, 5.41) is 21.8. The lowest BCUT2D eigenvalue weighted by atomic mass is 10.1. The third-order valence-corrected chi connectivity index (χ3v) is 3.93. The lowest BCUT2D eigenvalue weighted by Crippen LogP contribution is -2.34. The standard InChI is InChI=1S/C13H16BrNO3/c14-10-6-8(4-5-12(10)17)7-15-13(18)9-2-1-3-11(9)16/h4-6,9,11,16-17H,1-3,7H2,(H,15,18). The molecule has 1 aromatic rings. The number of rotatable bonds is 3. The predicted octanol–water partition coefficient (Wildman–Crippen LogP) is 1.93. The summed E-state index contributed by atoms with van der Waals surface area (Å²) >= 11 is 3.23. The molecule has 2 unspecified atom stereocenters. The summed E-state index contributed by atoms with van der Waals surface area (Å²) in [6, 6.07) is 5.10. The van der Waals surface area contributed by atoms with Gasteiger partial charge in [0.25, 0.3) is 0 Å². The van der Waals surface area contributed by atoms with E-state index in [1.54, 1.807) is 18.2 Å². The number of amides is 1. The lowest BCUT2D eigenvalue weighted by molar-refractivity contribution is -0.127. The second kappa shape index (κ2) is 5.71. The number of nitrogens with one attached hydrogen (secondary N) is 1. The van der Waals surface area contributed by atoms with E-state index in [1.807, 2.05) is 0 Å². The van der Waals surface area contributed by atoms with Crippen LogP contribution >= 0.6 is 15.9 Å². The fourth-order valence-corrected chi connectivity index (χ4v) is 2.65. The van der Waals surface area contributed by atoms with Crippen LogP contribution in [0.15, 0.2) is 22.7 Å². The Morgan fingerprint density at radius 1 is 1.44 bits per heavy atom. The van der Waals surface area contributed by atoms with Crippen molar-refractivity contribution < 1.29 is 15.0 Å². The number of halogens is 1. The van der Waals surface area contributed by atoms with Gasteiger partial charge in [-0.15, -0.1) is 0 Å². The molecule has 0 spiro atoms. The zero-order chi connectivity index (χ0) is 13.1. The minimum atomic E-state index is -0.503. The molecular weight excluding hydrogens is 298 g/mol. The van der Waals surface area contributed by atoms with Gasteiger partial charge < -0.3 is 15.5 Å². The van der Waals surface area contributed by atoms with Crippen LogP contribution in [-0.2, 0) is 11.3 Å². The molecule has 3 N–H and O–H groups in total. The Balaban J connectivity index is 1.91. The van der Waals surface area contributed by atoms with Crippen LogP contribution in [0.4, 0.5) is 0 Å². The van der Waals surface area contributed by atoms with Crippen LogP contribution < -0.4 is 5.32 Å². The van der Waals surface area contributed by atoms with Crippen LogP contribution in [0.3, 0.4) is 0 Å². The molecule has 0 bridgehead atoms. The number of phenols is 1. The van der Waals surface area contributed by atoms with E-state index in [0.717, 1.165) is 18.4 Å². The summed E-state index contributed by atoms with van der Waals surface area (Å²) in [5.41, 5.74) is 0.903. The first-order chi connectivity index (χ1) is 8.58. The van der Waals surface area contributed by atoms with Crippen LogP contribution in [0.2, 0.25) is 0 Å². The first kappa shape index (κ1) is 13.4. The van der Waals surface area contributed by atoms with Crippen LogP contribution in [-0.4, -0.2) is 22.2 Å². The SMILES string of the molecule is O=C(NCc1ccc(O)c(Br)c1)C1CCCC1O. The molecule has 1 aliphatic carbocycles. The number of phenolic OH excluding ortho intramolecular Hbond substituents is 1. The van der Waals surface area contributed by atoms with Crippen LogP contribution in [0.5, 0.6) is 5.75 Å². The number of hydrogen-bond acceptors (Lipinski definition) is 3. The van der Waals surface area contributed by atoms with Crippen molar-refractivity contribution in [2.45, 2.75) is 31.9 Å². The van der Waals surface area contributed by atoms with Crippen LogP contribution in [0, 0.1) is 5.92 Å². The van der Waals surface area contributed by atoms with Gasteiger partial charge in [-0.25, -0.2) is 0 Å². The molecule has 0 saturated heterocycles. The molecule has 1 aliphatic rings. The topological polar surface area (TPSA) is 69.6 Å². The van der Waals surface area contributed by atoms with Gasteiger partial charge in [-0.3, -0.25) is 4.79 Å². The Kier molecular flexibility index (Phi) is 4.24. The van der Waals surface area contributed by atoms with Gasteiger partial charge in [0.1, 0.15) is 5.75 Å². The van der Waals surface area contributed by atoms with Gasteiger partial charge in [-0.2, -0.15) is 0 Å². The molecule has 1 saturated carbocycles. The fraction of sp³-hybridized carbons (Fsp3) is 0.462. The predicted molar refractivity (Wildman–Crippen MR) is 71.0 cm³/mol. The highest BCUT2D eigenvalue weighted by molar-refractivity contribution is 9.10. The molecule has 0 radical (unpaired) electrons. The van der Waals surface area contributed by atoms with E-state index in [0.29, 0.717) is 17.4 Å². The minimum Gasteiger partial charge on any atom is -0.507 e. The zero-order valence-corrected chi connectivity index (χ0v) is 11.5. The van der Waals surface area contributed by atoms with Gasteiger partial charge in [0.2, 0.25) is 5.91 Å². The molecule has 0 heterocycles. The van der Waals surface area contributed by atoms with Crippen molar-refractivity contribution >= 4 is 21.8 Å². The molecule has 1 fully saturated rings. The Morgan fingerprint density at radius 3 is 2.83 bits per heavy atom. The number of aromatic hydroxyl groups is 1. The van der Waals surface area contributed by atoms with Crippen LogP contribution in [0.25, 0.3) is 0 Å². The van der Waals surface area contributed by atoms with E-state index in [-0.39, 0.29) is 17.6 Å². The molecule has 4 nitrogen and oxygen atoms in total. The van der Waals surface area contributed by atoms with Gasteiger partial charge in [0.15, 0.2) is 0 Å². The molecule has 18 heavy (non-hydrogen) atoms. The van der Waals surface area contributed by atoms with Crippen LogP contribution in [0.1, 0.15) is 24.8 Å². The van der Waals surface area contributed by atoms with Crippen molar-refractivity contribution in [1.29, 1.82) is 0 Å². The summed E-state index contributed by atoms with van der Waals surface area (Å²) in [4.78, 5) is 11.8. The number of carbonyl (C=O) groups is 1. The second-order valence-corrected chi connectivity index (χ2v) is 5.46.